The van der Waals surface area contributed by atoms with Gasteiger partial charge >= 0.3 is 0 Å². The lowest BCUT2D eigenvalue weighted by molar-refractivity contribution is 0.287. The van der Waals surface area contributed by atoms with E-state index in [4.69, 9.17) is 15.2 Å². The van der Waals surface area contributed by atoms with Crippen molar-refractivity contribution in [1.82, 2.24) is 9.78 Å². The van der Waals surface area contributed by atoms with Crippen molar-refractivity contribution < 1.29 is 9.47 Å². The van der Waals surface area contributed by atoms with E-state index in [9.17, 15) is 0 Å². The Morgan fingerprint density at radius 3 is 2.45 bits per heavy atom. The number of benzene rings is 1. The summed E-state index contributed by atoms with van der Waals surface area (Å²) in [4.78, 5) is 0. The molecule has 1 aromatic carbocycles. The molecule has 2 aromatic rings. The molecule has 0 spiro atoms. The zero-order chi connectivity index (χ0) is 14.5. The molecule has 0 amide bonds. The summed E-state index contributed by atoms with van der Waals surface area (Å²) in [7, 11) is 0. The van der Waals surface area contributed by atoms with Gasteiger partial charge in [-0.1, -0.05) is 0 Å². The smallest absolute Gasteiger partial charge is 0.163 e. The van der Waals surface area contributed by atoms with Gasteiger partial charge in [-0.2, -0.15) is 5.10 Å². The minimum absolute atomic E-state index is 0.487. The molecule has 108 valence electrons. The molecule has 1 heterocycles. The first-order valence-corrected chi connectivity index (χ1v) is 6.84. The van der Waals surface area contributed by atoms with E-state index in [1.807, 2.05) is 49.8 Å². The van der Waals surface area contributed by atoms with Crippen molar-refractivity contribution >= 4 is 0 Å². The van der Waals surface area contributed by atoms with Gasteiger partial charge in [-0.3, -0.25) is 0 Å². The molecule has 0 fully saturated rings. The maximum Gasteiger partial charge on any atom is 0.163 e. The molecule has 0 saturated heterocycles. The van der Waals surface area contributed by atoms with Crippen LogP contribution in [0, 0.1) is 6.92 Å². The Balaban J connectivity index is 2.38. The number of aromatic nitrogens is 2. The van der Waals surface area contributed by atoms with Crippen molar-refractivity contribution in [3.05, 3.63) is 35.7 Å². The fraction of sp³-hybridized carbons (Fsp3) is 0.400. The second-order valence-electron chi connectivity index (χ2n) is 4.39. The molecular formula is C15H21N3O2. The first-order chi connectivity index (χ1) is 9.69. The Bertz CT molecular complexity index is 578. The molecule has 0 bridgehead atoms. The number of aryl methyl sites for hydroxylation is 1. The molecule has 0 atom stereocenters. The third kappa shape index (κ3) is 2.93. The zero-order valence-electron chi connectivity index (χ0n) is 12.2. The highest BCUT2D eigenvalue weighted by Gasteiger charge is 2.09. The second-order valence-corrected chi connectivity index (χ2v) is 4.39. The summed E-state index contributed by atoms with van der Waals surface area (Å²) in [6, 6.07) is 5.80. The van der Waals surface area contributed by atoms with Gasteiger partial charge in [0.1, 0.15) is 0 Å². The molecule has 20 heavy (non-hydrogen) atoms. The van der Waals surface area contributed by atoms with Gasteiger partial charge in [0, 0.05) is 24.4 Å². The molecule has 2 rings (SSSR count). The molecule has 0 aliphatic rings. The lowest BCUT2D eigenvalue weighted by Crippen LogP contribution is -2.01. The van der Waals surface area contributed by atoms with E-state index >= 15 is 0 Å². The molecule has 2 N–H and O–H groups in total. The maximum atomic E-state index is 5.69. The van der Waals surface area contributed by atoms with Gasteiger partial charge in [0.05, 0.1) is 24.6 Å². The van der Waals surface area contributed by atoms with E-state index in [2.05, 4.69) is 5.10 Å². The predicted octanol–water partition coefficient (Wildman–Crippen LogP) is 2.44. The summed E-state index contributed by atoms with van der Waals surface area (Å²) in [5.41, 5.74) is 8.60. The van der Waals surface area contributed by atoms with Gasteiger partial charge < -0.3 is 15.2 Å². The number of rotatable bonds is 6. The first-order valence-electron chi connectivity index (χ1n) is 6.84. The second kappa shape index (κ2) is 6.43. The van der Waals surface area contributed by atoms with Crippen LogP contribution in [-0.4, -0.2) is 23.0 Å². The van der Waals surface area contributed by atoms with Gasteiger partial charge in [-0.25, -0.2) is 4.68 Å². The van der Waals surface area contributed by atoms with Gasteiger partial charge in [0.2, 0.25) is 0 Å². The van der Waals surface area contributed by atoms with Crippen LogP contribution in [0.4, 0.5) is 0 Å². The van der Waals surface area contributed by atoms with Gasteiger partial charge in [-0.05, 0) is 32.9 Å². The molecule has 0 radical (unpaired) electrons. The normalized spacial score (nSPS) is 10.6. The fourth-order valence-electron chi connectivity index (χ4n) is 2.01. The van der Waals surface area contributed by atoms with Crippen molar-refractivity contribution in [3.8, 4) is 17.2 Å². The standard InChI is InChI=1S/C15H21N3O2/c1-4-19-14-7-6-13(8-15(14)20-5-2)18-10-12(9-16)11(3)17-18/h6-8,10H,4-5,9,16H2,1-3H3. The molecular weight excluding hydrogens is 254 g/mol. The van der Waals surface area contributed by atoms with Crippen molar-refractivity contribution in [3.63, 3.8) is 0 Å². The third-order valence-electron chi connectivity index (χ3n) is 3.01. The van der Waals surface area contributed by atoms with Crippen molar-refractivity contribution in [2.75, 3.05) is 13.2 Å². The number of hydrogen-bond acceptors (Lipinski definition) is 4. The number of hydrogen-bond donors (Lipinski definition) is 1. The van der Waals surface area contributed by atoms with Gasteiger partial charge in [0.25, 0.3) is 0 Å². The van der Waals surface area contributed by atoms with Gasteiger partial charge in [-0.15, -0.1) is 0 Å². The summed E-state index contributed by atoms with van der Waals surface area (Å²) in [6.45, 7) is 7.55. The van der Waals surface area contributed by atoms with Crippen LogP contribution in [0.2, 0.25) is 0 Å². The quantitative estimate of drug-likeness (QED) is 0.879. The largest absolute Gasteiger partial charge is 0.490 e. The van der Waals surface area contributed by atoms with Crippen molar-refractivity contribution in [2.45, 2.75) is 27.3 Å². The summed E-state index contributed by atoms with van der Waals surface area (Å²) in [6.07, 6.45) is 1.95. The average molecular weight is 275 g/mol. The van der Waals surface area contributed by atoms with Crippen molar-refractivity contribution in [1.29, 1.82) is 0 Å². The number of nitrogens with zero attached hydrogens (tertiary/aromatic N) is 2. The molecule has 5 nitrogen and oxygen atoms in total. The molecule has 0 saturated carbocycles. The van der Waals surface area contributed by atoms with Crippen LogP contribution >= 0.6 is 0 Å². The maximum absolute atomic E-state index is 5.69. The van der Waals surface area contributed by atoms with Crippen LogP contribution in [0.15, 0.2) is 24.4 Å². The third-order valence-corrected chi connectivity index (χ3v) is 3.01. The van der Waals surface area contributed by atoms with E-state index in [0.717, 1.165) is 28.4 Å². The van der Waals surface area contributed by atoms with E-state index in [-0.39, 0.29) is 0 Å². The molecule has 5 heteroatoms. The predicted molar refractivity (Wildman–Crippen MR) is 78.5 cm³/mol. The first kappa shape index (κ1) is 14.4. The van der Waals surface area contributed by atoms with Crippen LogP contribution in [0.3, 0.4) is 0 Å². The zero-order valence-corrected chi connectivity index (χ0v) is 12.2. The van der Waals surface area contributed by atoms with Crippen LogP contribution in [0.1, 0.15) is 25.1 Å². The van der Waals surface area contributed by atoms with Crippen LogP contribution in [0.5, 0.6) is 11.5 Å². The van der Waals surface area contributed by atoms with Crippen LogP contribution < -0.4 is 15.2 Å². The van der Waals surface area contributed by atoms with Gasteiger partial charge in [0.15, 0.2) is 11.5 Å². The van der Waals surface area contributed by atoms with Crippen LogP contribution in [-0.2, 0) is 6.54 Å². The Labute approximate surface area is 119 Å². The lowest BCUT2D eigenvalue weighted by atomic mass is 10.2. The fourth-order valence-corrected chi connectivity index (χ4v) is 2.01. The average Bonchev–Trinajstić information content (AvgIpc) is 2.82. The minimum atomic E-state index is 0.487. The monoisotopic (exact) mass is 275 g/mol. The Morgan fingerprint density at radius 1 is 1.15 bits per heavy atom. The Hall–Kier alpha value is -2.01. The summed E-state index contributed by atoms with van der Waals surface area (Å²) in [5.74, 6) is 1.48. The number of ether oxygens (including phenoxy) is 2. The van der Waals surface area contributed by atoms with E-state index in [0.29, 0.717) is 19.8 Å². The lowest BCUT2D eigenvalue weighted by Gasteiger charge is -2.12. The Kier molecular flexibility index (Phi) is 4.63. The topological polar surface area (TPSA) is 62.3 Å². The summed E-state index contributed by atoms with van der Waals surface area (Å²) in [5, 5.41) is 4.47. The Morgan fingerprint density at radius 2 is 1.85 bits per heavy atom. The van der Waals surface area contributed by atoms with E-state index in [1.165, 1.54) is 0 Å². The highest BCUT2D eigenvalue weighted by Crippen LogP contribution is 2.30. The van der Waals surface area contributed by atoms with Crippen LogP contribution in [0.25, 0.3) is 5.69 Å². The number of nitrogens with two attached hydrogens (primary N) is 1. The molecule has 1 aromatic heterocycles. The highest BCUT2D eigenvalue weighted by molar-refractivity contribution is 5.49. The van der Waals surface area contributed by atoms with Crippen molar-refractivity contribution in [2.24, 2.45) is 5.73 Å². The molecule has 0 aliphatic carbocycles. The highest BCUT2D eigenvalue weighted by atomic mass is 16.5. The summed E-state index contributed by atoms with van der Waals surface area (Å²) >= 11 is 0. The molecule has 0 aliphatic heterocycles. The minimum Gasteiger partial charge on any atom is -0.490 e. The summed E-state index contributed by atoms with van der Waals surface area (Å²) < 4.78 is 13.0. The van der Waals surface area contributed by atoms with E-state index < -0.39 is 0 Å². The van der Waals surface area contributed by atoms with E-state index in [1.54, 1.807) is 0 Å². The SMILES string of the molecule is CCOc1ccc(-n2cc(CN)c(C)n2)cc1OCC. The molecule has 0 unspecified atom stereocenters.